The van der Waals surface area contributed by atoms with Crippen LogP contribution in [0.5, 0.6) is 5.75 Å². The first kappa shape index (κ1) is 29.1. The number of pyridine rings is 1. The van der Waals surface area contributed by atoms with Gasteiger partial charge in [0.05, 0.1) is 29.0 Å². The molecule has 0 spiro atoms. The molecule has 1 fully saturated rings. The van der Waals surface area contributed by atoms with Gasteiger partial charge in [0.1, 0.15) is 23.2 Å². The van der Waals surface area contributed by atoms with Gasteiger partial charge in [0.2, 0.25) is 5.91 Å². The quantitative estimate of drug-likeness (QED) is 0.178. The summed E-state index contributed by atoms with van der Waals surface area (Å²) in [6, 6.07) is 6.80. The predicted octanol–water partition coefficient (Wildman–Crippen LogP) is 5.16. The number of carbonyl (C=O) groups excluding carboxylic acids is 1. The Morgan fingerprint density at radius 3 is 2.54 bits per heavy atom. The first-order valence-corrected chi connectivity index (χ1v) is 13.7. The Bertz CT molecular complexity index is 1310. The van der Waals surface area contributed by atoms with Crippen molar-refractivity contribution in [2.45, 2.75) is 43.6 Å². The Morgan fingerprint density at radius 2 is 1.90 bits per heavy atom. The van der Waals surface area contributed by atoms with E-state index in [2.05, 4.69) is 9.88 Å². The molecular formula is C28H32F3N3O4S. The average Bonchev–Trinajstić information content (AvgIpc) is 2.93. The molecule has 0 aliphatic carbocycles. The number of halogens is 3. The number of nitrogens with one attached hydrogen (secondary N) is 1. The molecule has 0 bridgehead atoms. The first-order chi connectivity index (χ1) is 18.7. The number of nitrogens with zero attached hydrogens (tertiary/aromatic N) is 2. The lowest BCUT2D eigenvalue weighted by molar-refractivity contribution is -0.143. The lowest BCUT2D eigenvalue weighted by Gasteiger charge is -2.40. The monoisotopic (exact) mass is 563 g/mol. The van der Waals surface area contributed by atoms with Crippen LogP contribution in [0, 0.1) is 29.8 Å². The molecule has 3 aromatic rings. The molecule has 0 saturated carbocycles. The Kier molecular flexibility index (Phi) is 9.37. The number of rotatable bonds is 10. The maximum Gasteiger partial charge on any atom is 0.249 e. The molecule has 0 unspecified atom stereocenters. The van der Waals surface area contributed by atoms with Crippen molar-refractivity contribution in [3.8, 4) is 5.75 Å². The third kappa shape index (κ3) is 6.49. The lowest BCUT2D eigenvalue weighted by Crippen LogP contribution is -2.48. The number of likely N-dealkylation sites (tertiary alicyclic amines) is 1. The number of hydroxylamine groups is 1. The predicted molar refractivity (Wildman–Crippen MR) is 142 cm³/mol. The van der Waals surface area contributed by atoms with Gasteiger partial charge in [-0.25, -0.2) is 18.7 Å². The molecule has 1 aliphatic heterocycles. The summed E-state index contributed by atoms with van der Waals surface area (Å²) in [6.45, 7) is 3.46. The van der Waals surface area contributed by atoms with Gasteiger partial charge in [0.25, 0.3) is 0 Å². The van der Waals surface area contributed by atoms with Gasteiger partial charge in [0, 0.05) is 36.0 Å². The van der Waals surface area contributed by atoms with E-state index >= 15 is 0 Å². The van der Waals surface area contributed by atoms with Crippen LogP contribution in [0.15, 0.2) is 41.4 Å². The number of amides is 1. The van der Waals surface area contributed by atoms with E-state index in [1.165, 1.54) is 0 Å². The SMILES string of the molecule is COc1ccc2ncc(C)c([C@H](O)CCC3(C(=O)NO)CCN(CCSc4c(F)cc(F)cc4F)CC3)c2c1. The number of hydrogen-bond donors (Lipinski definition) is 3. The molecule has 11 heteroatoms. The van der Waals surface area contributed by atoms with Crippen LogP contribution in [-0.4, -0.2) is 58.6 Å². The number of aliphatic hydroxyl groups excluding tert-OH is 1. The molecule has 3 N–H and O–H groups in total. The minimum atomic E-state index is -0.957. The van der Waals surface area contributed by atoms with Crippen molar-refractivity contribution in [2.24, 2.45) is 5.41 Å². The number of aliphatic hydroxyl groups is 1. The summed E-state index contributed by atoms with van der Waals surface area (Å²) in [5.41, 5.74) is 3.22. The molecule has 2 heterocycles. The van der Waals surface area contributed by atoms with Crippen LogP contribution in [0.2, 0.25) is 0 Å². The third-order valence-electron chi connectivity index (χ3n) is 7.56. The summed E-state index contributed by atoms with van der Waals surface area (Å²) in [6.07, 6.45) is 2.39. The number of methoxy groups -OCH3 is 1. The summed E-state index contributed by atoms with van der Waals surface area (Å²) < 4.78 is 46.3. The van der Waals surface area contributed by atoms with Crippen molar-refractivity contribution >= 4 is 28.6 Å². The van der Waals surface area contributed by atoms with E-state index in [0.29, 0.717) is 69.0 Å². The Balaban J connectivity index is 1.40. The zero-order valence-electron chi connectivity index (χ0n) is 21.8. The highest BCUT2D eigenvalue weighted by molar-refractivity contribution is 7.99. The van der Waals surface area contributed by atoms with Gasteiger partial charge in [-0.3, -0.25) is 15.0 Å². The van der Waals surface area contributed by atoms with Gasteiger partial charge in [-0.15, -0.1) is 11.8 Å². The fraction of sp³-hybridized carbons (Fsp3) is 0.429. The first-order valence-electron chi connectivity index (χ1n) is 12.7. The smallest absolute Gasteiger partial charge is 0.249 e. The summed E-state index contributed by atoms with van der Waals surface area (Å²) >= 11 is 0.979. The molecule has 4 rings (SSSR count). The van der Waals surface area contributed by atoms with Crippen molar-refractivity contribution in [1.82, 2.24) is 15.4 Å². The second kappa shape index (κ2) is 12.5. The van der Waals surface area contributed by atoms with Gasteiger partial charge in [-0.2, -0.15) is 0 Å². The van der Waals surface area contributed by atoms with Crippen LogP contribution in [-0.2, 0) is 4.79 Å². The maximum absolute atomic E-state index is 13.9. The largest absolute Gasteiger partial charge is 0.497 e. The summed E-state index contributed by atoms with van der Waals surface area (Å²) in [5.74, 6) is -2.27. The van der Waals surface area contributed by atoms with Crippen LogP contribution in [0.1, 0.15) is 42.9 Å². The van der Waals surface area contributed by atoms with Gasteiger partial charge >= 0.3 is 0 Å². The molecule has 1 saturated heterocycles. The molecule has 1 amide bonds. The molecule has 0 radical (unpaired) electrons. The standard InChI is InChI=1S/C28H32F3N3O4S/c1-17-16-32-23-4-3-19(38-2)15-20(23)25(17)24(35)5-6-28(27(36)33-37)7-9-34(10-8-28)11-12-39-26-21(30)13-18(29)14-22(26)31/h3-4,13-16,24,35,37H,5-12H2,1-2H3,(H,33,36)/t24-/m1/s1. The van der Waals surface area contributed by atoms with Crippen molar-refractivity contribution in [1.29, 1.82) is 0 Å². The highest BCUT2D eigenvalue weighted by Crippen LogP contribution is 2.40. The van der Waals surface area contributed by atoms with Gasteiger partial charge < -0.3 is 14.7 Å². The number of hydrogen-bond acceptors (Lipinski definition) is 7. The van der Waals surface area contributed by atoms with Crippen LogP contribution in [0.3, 0.4) is 0 Å². The lowest BCUT2D eigenvalue weighted by atomic mass is 9.73. The molecule has 210 valence electrons. The Hall–Kier alpha value is -2.86. The van der Waals surface area contributed by atoms with Crippen LogP contribution >= 0.6 is 11.8 Å². The summed E-state index contributed by atoms with van der Waals surface area (Å²) in [4.78, 5) is 19.1. The topological polar surface area (TPSA) is 94.9 Å². The van der Waals surface area contributed by atoms with E-state index in [9.17, 15) is 28.3 Å². The molecule has 39 heavy (non-hydrogen) atoms. The minimum Gasteiger partial charge on any atom is -0.497 e. The Labute approximate surface area is 229 Å². The molecule has 7 nitrogen and oxygen atoms in total. The number of fused-ring (bicyclic) bond motifs is 1. The molecule has 1 aliphatic rings. The average molecular weight is 564 g/mol. The second-order valence-electron chi connectivity index (χ2n) is 9.90. The third-order valence-corrected chi connectivity index (χ3v) is 8.62. The van der Waals surface area contributed by atoms with Crippen molar-refractivity contribution in [2.75, 3.05) is 32.5 Å². The molecule has 1 aromatic heterocycles. The van der Waals surface area contributed by atoms with Crippen molar-refractivity contribution < 1.29 is 33.0 Å². The second-order valence-corrected chi connectivity index (χ2v) is 11.0. The van der Waals surface area contributed by atoms with Crippen LogP contribution < -0.4 is 10.2 Å². The van der Waals surface area contributed by atoms with Gasteiger partial charge in [-0.05, 0) is 75.0 Å². The van der Waals surface area contributed by atoms with E-state index in [-0.39, 0.29) is 4.90 Å². The zero-order chi connectivity index (χ0) is 28.2. The number of carbonyl (C=O) groups is 1. The van der Waals surface area contributed by atoms with Gasteiger partial charge in [0.15, 0.2) is 0 Å². The number of piperidine rings is 1. The highest BCUT2D eigenvalue weighted by atomic mass is 32.2. The van der Waals surface area contributed by atoms with E-state index in [1.54, 1.807) is 19.4 Å². The Morgan fingerprint density at radius 1 is 1.21 bits per heavy atom. The number of aryl methyl sites for hydroxylation is 1. The van der Waals surface area contributed by atoms with Crippen LogP contribution in [0.25, 0.3) is 10.9 Å². The number of aromatic nitrogens is 1. The van der Waals surface area contributed by atoms with Crippen molar-refractivity contribution in [3.05, 3.63) is 65.1 Å². The highest BCUT2D eigenvalue weighted by Gasteiger charge is 2.41. The van der Waals surface area contributed by atoms with E-state index in [1.807, 2.05) is 24.5 Å². The fourth-order valence-electron chi connectivity index (χ4n) is 5.28. The van der Waals surface area contributed by atoms with Crippen LogP contribution in [0.4, 0.5) is 13.2 Å². The normalized spacial score (nSPS) is 16.3. The van der Waals surface area contributed by atoms with E-state index in [0.717, 1.165) is 33.8 Å². The van der Waals surface area contributed by atoms with E-state index < -0.39 is 34.9 Å². The summed E-state index contributed by atoms with van der Waals surface area (Å²) in [7, 11) is 1.57. The molecular weight excluding hydrogens is 531 g/mol. The number of ether oxygens (including phenoxy) is 1. The molecule has 1 atom stereocenters. The minimum absolute atomic E-state index is 0.215. The van der Waals surface area contributed by atoms with E-state index in [4.69, 9.17) is 4.74 Å². The number of thioether (sulfide) groups is 1. The number of benzene rings is 2. The fourth-order valence-corrected chi connectivity index (χ4v) is 6.22. The maximum atomic E-state index is 13.9. The summed E-state index contributed by atoms with van der Waals surface area (Å²) in [5, 5.41) is 21.5. The van der Waals surface area contributed by atoms with Crippen molar-refractivity contribution in [3.63, 3.8) is 0 Å². The van der Waals surface area contributed by atoms with Gasteiger partial charge in [-0.1, -0.05) is 0 Å². The zero-order valence-corrected chi connectivity index (χ0v) is 22.7. The molecule has 2 aromatic carbocycles.